The largest absolute Gasteiger partial charge is 0.465 e. The van der Waals surface area contributed by atoms with Gasteiger partial charge in [0, 0.05) is 12.6 Å². The van der Waals surface area contributed by atoms with Crippen LogP contribution in [0.5, 0.6) is 0 Å². The maximum absolute atomic E-state index is 12.0. The van der Waals surface area contributed by atoms with Gasteiger partial charge in [0.05, 0.1) is 6.61 Å². The fourth-order valence-corrected chi connectivity index (χ4v) is 2.59. The molecule has 2 atom stereocenters. The van der Waals surface area contributed by atoms with Crippen LogP contribution in [0.1, 0.15) is 46.5 Å². The van der Waals surface area contributed by atoms with Crippen LogP contribution in [0.15, 0.2) is 0 Å². The Kier molecular flexibility index (Phi) is 6.27. The Labute approximate surface area is 117 Å². The molecule has 1 saturated carbocycles. The van der Waals surface area contributed by atoms with Crippen molar-refractivity contribution in [1.82, 2.24) is 10.2 Å². The Balaban J connectivity index is 2.50. The first-order valence-electron chi connectivity index (χ1n) is 7.49. The van der Waals surface area contributed by atoms with Crippen LogP contribution in [0.25, 0.3) is 0 Å². The zero-order chi connectivity index (χ0) is 14.5. The van der Waals surface area contributed by atoms with Crippen LogP contribution in [0, 0.1) is 5.92 Å². The molecule has 1 N–H and O–H groups in total. The average Bonchev–Trinajstić information content (AvgIpc) is 2.33. The number of ether oxygens (including phenoxy) is 1. The normalized spacial score (nSPS) is 20.7. The molecule has 0 radical (unpaired) electrons. The molecule has 1 fully saturated rings. The van der Waals surface area contributed by atoms with Crippen LogP contribution < -0.4 is 5.32 Å². The van der Waals surface area contributed by atoms with E-state index in [1.165, 1.54) is 19.3 Å². The van der Waals surface area contributed by atoms with E-state index in [0.717, 1.165) is 18.9 Å². The summed E-state index contributed by atoms with van der Waals surface area (Å²) in [6, 6.07) is 0.363. The van der Waals surface area contributed by atoms with Gasteiger partial charge in [0.15, 0.2) is 0 Å². The van der Waals surface area contributed by atoms with Crippen molar-refractivity contribution in [3.8, 4) is 0 Å². The van der Waals surface area contributed by atoms with Crippen LogP contribution in [-0.2, 0) is 9.53 Å². The smallest absolute Gasteiger partial charge is 0.326 e. The first-order valence-corrected chi connectivity index (χ1v) is 7.49. The summed E-state index contributed by atoms with van der Waals surface area (Å²) >= 11 is 0. The van der Waals surface area contributed by atoms with Gasteiger partial charge < -0.3 is 15.0 Å². The second kappa shape index (κ2) is 7.25. The van der Waals surface area contributed by atoms with E-state index in [0.29, 0.717) is 12.6 Å². The second-order valence-corrected chi connectivity index (χ2v) is 6.09. The highest BCUT2D eigenvalue weighted by Gasteiger charge is 2.35. The molecule has 0 amide bonds. The molecular weight excluding hydrogens is 240 g/mol. The van der Waals surface area contributed by atoms with E-state index in [4.69, 9.17) is 4.74 Å². The van der Waals surface area contributed by atoms with Gasteiger partial charge in [-0.1, -0.05) is 6.42 Å². The summed E-state index contributed by atoms with van der Waals surface area (Å²) in [6.07, 6.45) is 4.87. The van der Waals surface area contributed by atoms with Crippen LogP contribution >= 0.6 is 0 Å². The second-order valence-electron chi connectivity index (χ2n) is 6.09. The molecule has 4 nitrogen and oxygen atoms in total. The lowest BCUT2D eigenvalue weighted by Gasteiger charge is -2.37. The van der Waals surface area contributed by atoms with Crippen LogP contribution in [0.4, 0.5) is 0 Å². The van der Waals surface area contributed by atoms with Crippen molar-refractivity contribution in [3.05, 3.63) is 0 Å². The summed E-state index contributed by atoms with van der Waals surface area (Å²) in [5, 5.41) is 3.13. The lowest BCUT2D eigenvalue weighted by molar-refractivity contribution is -0.151. The van der Waals surface area contributed by atoms with Crippen LogP contribution in [0.3, 0.4) is 0 Å². The van der Waals surface area contributed by atoms with E-state index in [-0.39, 0.29) is 5.97 Å². The highest BCUT2D eigenvalue weighted by Crippen LogP contribution is 2.28. The molecule has 0 heterocycles. The first kappa shape index (κ1) is 16.4. The fourth-order valence-electron chi connectivity index (χ4n) is 2.59. The summed E-state index contributed by atoms with van der Waals surface area (Å²) in [7, 11) is 3.99. The van der Waals surface area contributed by atoms with Gasteiger partial charge in [-0.25, -0.2) is 0 Å². The zero-order valence-corrected chi connectivity index (χ0v) is 13.2. The number of hydrogen-bond donors (Lipinski definition) is 1. The summed E-state index contributed by atoms with van der Waals surface area (Å²) in [5.74, 6) is 0.706. The number of nitrogens with zero attached hydrogens (tertiary/aromatic N) is 1. The minimum absolute atomic E-state index is 0.151. The molecular formula is C15H30N2O2. The molecule has 0 aromatic carbocycles. The Morgan fingerprint density at radius 1 is 1.53 bits per heavy atom. The molecule has 1 rings (SSSR count). The highest BCUT2D eigenvalue weighted by molar-refractivity contribution is 5.80. The molecule has 112 valence electrons. The Hall–Kier alpha value is -0.610. The summed E-state index contributed by atoms with van der Waals surface area (Å²) < 4.78 is 5.17. The minimum atomic E-state index is -0.594. The number of rotatable bonds is 8. The molecule has 0 aromatic rings. The fraction of sp³-hybridized carbons (Fsp3) is 0.933. The molecule has 0 saturated heterocycles. The number of esters is 1. The van der Waals surface area contributed by atoms with Gasteiger partial charge in [-0.2, -0.15) is 0 Å². The number of likely N-dealkylation sites (N-methyl/N-ethyl adjacent to an activating group) is 1. The van der Waals surface area contributed by atoms with Gasteiger partial charge in [-0.05, 0) is 60.0 Å². The molecule has 0 aromatic heterocycles. The van der Waals surface area contributed by atoms with E-state index >= 15 is 0 Å². The van der Waals surface area contributed by atoms with Crippen molar-refractivity contribution in [2.75, 3.05) is 27.2 Å². The first-order chi connectivity index (χ1) is 8.92. The molecule has 1 aliphatic rings. The van der Waals surface area contributed by atoms with E-state index in [1.807, 2.05) is 20.9 Å². The predicted octanol–water partition coefficient (Wildman–Crippen LogP) is 2.04. The molecule has 0 bridgehead atoms. The van der Waals surface area contributed by atoms with Crippen LogP contribution in [-0.4, -0.2) is 49.7 Å². The third kappa shape index (κ3) is 4.46. The standard InChI is InChI=1S/C15H30N2O2/c1-6-19-14(18)15(3,16-4)10-12(2)17(5)11-13-8-7-9-13/h12-13,16H,6-11H2,1-5H3. The number of carbonyl (C=O) groups is 1. The van der Waals surface area contributed by atoms with Crippen LogP contribution in [0.2, 0.25) is 0 Å². The third-order valence-electron chi connectivity index (χ3n) is 4.50. The topological polar surface area (TPSA) is 41.6 Å². The predicted molar refractivity (Wildman–Crippen MR) is 78.1 cm³/mol. The van der Waals surface area contributed by atoms with Gasteiger partial charge >= 0.3 is 5.97 Å². The van der Waals surface area contributed by atoms with Crippen molar-refractivity contribution in [2.45, 2.75) is 58.0 Å². The zero-order valence-electron chi connectivity index (χ0n) is 13.2. The average molecular weight is 270 g/mol. The van der Waals surface area contributed by atoms with Crippen molar-refractivity contribution in [1.29, 1.82) is 0 Å². The maximum atomic E-state index is 12.0. The van der Waals surface area contributed by atoms with E-state index in [1.54, 1.807) is 0 Å². The van der Waals surface area contributed by atoms with E-state index < -0.39 is 5.54 Å². The van der Waals surface area contributed by atoms with Crippen molar-refractivity contribution >= 4 is 5.97 Å². The molecule has 19 heavy (non-hydrogen) atoms. The minimum Gasteiger partial charge on any atom is -0.465 e. The van der Waals surface area contributed by atoms with Gasteiger partial charge in [-0.15, -0.1) is 0 Å². The monoisotopic (exact) mass is 270 g/mol. The summed E-state index contributed by atoms with van der Waals surface area (Å²) in [5.41, 5.74) is -0.594. The number of carbonyl (C=O) groups excluding carboxylic acids is 1. The van der Waals surface area contributed by atoms with Crippen molar-refractivity contribution < 1.29 is 9.53 Å². The maximum Gasteiger partial charge on any atom is 0.326 e. The van der Waals surface area contributed by atoms with Gasteiger partial charge in [0.25, 0.3) is 0 Å². The van der Waals surface area contributed by atoms with Crippen molar-refractivity contribution in [2.24, 2.45) is 5.92 Å². The summed E-state index contributed by atoms with van der Waals surface area (Å²) in [6.45, 7) is 7.54. The molecule has 0 aliphatic heterocycles. The molecule has 2 unspecified atom stereocenters. The number of nitrogens with one attached hydrogen (secondary N) is 1. The Morgan fingerprint density at radius 2 is 2.16 bits per heavy atom. The SMILES string of the molecule is CCOC(=O)C(C)(CC(C)N(C)CC1CCC1)NC. The Bertz CT molecular complexity index is 292. The number of hydrogen-bond acceptors (Lipinski definition) is 4. The summed E-state index contributed by atoms with van der Waals surface area (Å²) in [4.78, 5) is 14.4. The molecule has 0 spiro atoms. The van der Waals surface area contributed by atoms with Crippen molar-refractivity contribution in [3.63, 3.8) is 0 Å². The van der Waals surface area contributed by atoms with Gasteiger partial charge in [0.2, 0.25) is 0 Å². The molecule has 1 aliphatic carbocycles. The Morgan fingerprint density at radius 3 is 2.58 bits per heavy atom. The molecule has 4 heteroatoms. The highest BCUT2D eigenvalue weighted by atomic mass is 16.5. The lowest BCUT2D eigenvalue weighted by atomic mass is 9.84. The quantitative estimate of drug-likeness (QED) is 0.685. The lowest BCUT2D eigenvalue weighted by Crippen LogP contribution is -2.53. The van der Waals surface area contributed by atoms with Gasteiger partial charge in [0.1, 0.15) is 5.54 Å². The van der Waals surface area contributed by atoms with E-state index in [9.17, 15) is 4.79 Å². The van der Waals surface area contributed by atoms with Gasteiger partial charge in [-0.3, -0.25) is 4.79 Å². The third-order valence-corrected chi connectivity index (χ3v) is 4.50. The van der Waals surface area contributed by atoms with E-state index in [2.05, 4.69) is 24.2 Å².